The molecule has 134 valence electrons. The molecule has 1 aromatic rings. The highest BCUT2D eigenvalue weighted by atomic mass is 79.9. The average molecular weight is 394 g/mol. The van der Waals surface area contributed by atoms with Crippen LogP contribution in [0, 0.1) is 5.92 Å². The number of hydrogen-bond donors (Lipinski definition) is 0. The van der Waals surface area contributed by atoms with E-state index in [9.17, 15) is 0 Å². The van der Waals surface area contributed by atoms with Crippen LogP contribution in [0.3, 0.4) is 0 Å². The van der Waals surface area contributed by atoms with Gasteiger partial charge in [0.1, 0.15) is 0 Å². The molecule has 2 aliphatic rings. The lowest BCUT2D eigenvalue weighted by atomic mass is 9.82. The van der Waals surface area contributed by atoms with E-state index in [-0.39, 0.29) is 11.1 Å². The van der Waals surface area contributed by atoms with Gasteiger partial charge in [-0.25, -0.2) is 0 Å². The fraction of sp³-hybridized carbons (Fsp3) is 0.714. The van der Waals surface area contributed by atoms with Crippen LogP contribution in [-0.2, 0) is 4.84 Å². The number of nitrogens with zero attached hydrogens (tertiary/aromatic N) is 1. The Hall–Kier alpha value is -0.380. The highest BCUT2D eigenvalue weighted by molar-refractivity contribution is 9.10. The maximum atomic E-state index is 6.50. The number of hydroxylamine groups is 2. The fourth-order valence-corrected chi connectivity index (χ4v) is 5.15. The fourth-order valence-electron chi connectivity index (χ4n) is 4.88. The summed E-state index contributed by atoms with van der Waals surface area (Å²) < 4.78 is 1.16. The Labute approximate surface area is 156 Å². The Bertz CT molecular complexity index is 535. The van der Waals surface area contributed by atoms with Gasteiger partial charge >= 0.3 is 0 Å². The molecule has 0 bridgehead atoms. The Morgan fingerprint density at radius 1 is 1.00 bits per heavy atom. The van der Waals surface area contributed by atoms with Gasteiger partial charge in [-0.3, -0.25) is 4.84 Å². The van der Waals surface area contributed by atoms with E-state index in [1.807, 2.05) is 0 Å². The second-order valence-corrected chi connectivity index (χ2v) is 9.83. The van der Waals surface area contributed by atoms with Crippen molar-refractivity contribution in [3.05, 3.63) is 34.3 Å². The summed E-state index contributed by atoms with van der Waals surface area (Å²) >= 11 is 3.55. The minimum Gasteiger partial charge on any atom is -0.298 e. The average Bonchev–Trinajstić information content (AvgIpc) is 2.94. The van der Waals surface area contributed by atoms with Crippen LogP contribution in [-0.4, -0.2) is 22.7 Å². The Balaban J connectivity index is 1.67. The number of rotatable bonds is 4. The molecule has 2 fully saturated rings. The third-order valence-electron chi connectivity index (χ3n) is 6.05. The van der Waals surface area contributed by atoms with Crippen molar-refractivity contribution >= 4 is 15.9 Å². The summed E-state index contributed by atoms with van der Waals surface area (Å²) in [6.45, 7) is 10.2. The third kappa shape index (κ3) is 3.89. The quantitative estimate of drug-likeness (QED) is 0.594. The summed E-state index contributed by atoms with van der Waals surface area (Å²) in [5.74, 6) is 1.29. The Morgan fingerprint density at radius 3 is 2.25 bits per heavy atom. The maximum Gasteiger partial charge on any atom is 0.0719 e. The smallest absolute Gasteiger partial charge is 0.0719 e. The van der Waals surface area contributed by atoms with Crippen molar-refractivity contribution in [2.24, 2.45) is 5.92 Å². The molecule has 2 nitrogen and oxygen atoms in total. The van der Waals surface area contributed by atoms with Crippen LogP contribution in [0.1, 0.15) is 77.7 Å². The summed E-state index contributed by atoms with van der Waals surface area (Å²) in [6, 6.07) is 8.90. The number of piperidine rings is 1. The van der Waals surface area contributed by atoms with Crippen LogP contribution < -0.4 is 0 Å². The molecule has 0 aromatic heterocycles. The predicted molar refractivity (Wildman–Crippen MR) is 104 cm³/mol. The van der Waals surface area contributed by atoms with Crippen LogP contribution >= 0.6 is 15.9 Å². The maximum absolute atomic E-state index is 6.50. The lowest BCUT2D eigenvalue weighted by molar-refractivity contribution is -0.286. The van der Waals surface area contributed by atoms with Gasteiger partial charge < -0.3 is 0 Å². The minimum absolute atomic E-state index is 0.132. The predicted octanol–water partition coefficient (Wildman–Crippen LogP) is 6.31. The van der Waals surface area contributed by atoms with Gasteiger partial charge in [-0.15, -0.1) is 0 Å². The normalized spacial score (nSPS) is 29.7. The standard InChI is InChI=1S/C21H32BrNO/c1-20(2)13-6-14-21(3,4)23(20)24-15-17-7-5-8-19(17)16-9-11-18(22)12-10-16/h9-12,17,19H,5-8,13-15H2,1-4H3/t17-,19-/m0/s1. The minimum atomic E-state index is 0.132. The van der Waals surface area contributed by atoms with Crippen molar-refractivity contribution in [1.82, 2.24) is 5.06 Å². The Kier molecular flexibility index (Phi) is 5.44. The first-order chi connectivity index (χ1) is 11.3. The van der Waals surface area contributed by atoms with Gasteiger partial charge in [-0.1, -0.05) is 34.5 Å². The molecule has 0 radical (unpaired) electrons. The SMILES string of the molecule is CC1(C)CCCC(C)(C)N1OC[C@@H]1CCC[C@H]1c1ccc(Br)cc1. The molecule has 1 aromatic carbocycles. The summed E-state index contributed by atoms with van der Waals surface area (Å²) in [6.07, 6.45) is 7.64. The van der Waals surface area contributed by atoms with Crippen LogP contribution in [0.2, 0.25) is 0 Å². The van der Waals surface area contributed by atoms with Gasteiger partial charge in [0.15, 0.2) is 0 Å². The monoisotopic (exact) mass is 393 g/mol. The van der Waals surface area contributed by atoms with Crippen molar-refractivity contribution in [1.29, 1.82) is 0 Å². The van der Waals surface area contributed by atoms with Crippen molar-refractivity contribution in [2.45, 2.75) is 83.2 Å². The number of hydrogen-bond acceptors (Lipinski definition) is 2. The van der Waals surface area contributed by atoms with E-state index in [4.69, 9.17) is 4.84 Å². The van der Waals surface area contributed by atoms with Gasteiger partial charge in [0.05, 0.1) is 6.61 Å². The highest BCUT2D eigenvalue weighted by Crippen LogP contribution is 2.42. The van der Waals surface area contributed by atoms with E-state index in [2.05, 4.69) is 73.0 Å². The zero-order chi connectivity index (χ0) is 17.4. The highest BCUT2D eigenvalue weighted by Gasteiger charge is 2.43. The molecule has 24 heavy (non-hydrogen) atoms. The van der Waals surface area contributed by atoms with E-state index < -0.39 is 0 Å². The van der Waals surface area contributed by atoms with Gasteiger partial charge in [0.25, 0.3) is 0 Å². The zero-order valence-corrected chi connectivity index (χ0v) is 17.2. The molecule has 1 heterocycles. The van der Waals surface area contributed by atoms with E-state index in [1.165, 1.54) is 44.1 Å². The molecule has 3 heteroatoms. The second kappa shape index (κ2) is 7.09. The van der Waals surface area contributed by atoms with E-state index in [0.29, 0.717) is 11.8 Å². The van der Waals surface area contributed by atoms with Crippen LogP contribution in [0.15, 0.2) is 28.7 Å². The van der Waals surface area contributed by atoms with Crippen molar-refractivity contribution in [3.63, 3.8) is 0 Å². The number of benzene rings is 1. The lowest BCUT2D eigenvalue weighted by Crippen LogP contribution is -2.58. The van der Waals surface area contributed by atoms with Crippen molar-refractivity contribution in [2.75, 3.05) is 6.61 Å². The molecular formula is C21H32BrNO. The summed E-state index contributed by atoms with van der Waals surface area (Å²) in [5.41, 5.74) is 1.74. The summed E-state index contributed by atoms with van der Waals surface area (Å²) in [7, 11) is 0. The molecule has 0 spiro atoms. The van der Waals surface area contributed by atoms with Crippen LogP contribution in [0.4, 0.5) is 0 Å². The lowest BCUT2D eigenvalue weighted by Gasteiger charge is -2.51. The van der Waals surface area contributed by atoms with Crippen molar-refractivity contribution < 1.29 is 4.84 Å². The van der Waals surface area contributed by atoms with E-state index in [0.717, 1.165) is 11.1 Å². The molecule has 0 amide bonds. The van der Waals surface area contributed by atoms with Gasteiger partial charge in [-0.2, -0.15) is 5.06 Å². The molecule has 0 unspecified atom stereocenters. The second-order valence-electron chi connectivity index (χ2n) is 8.92. The first-order valence-electron chi connectivity index (χ1n) is 9.48. The zero-order valence-electron chi connectivity index (χ0n) is 15.6. The van der Waals surface area contributed by atoms with Crippen LogP contribution in [0.5, 0.6) is 0 Å². The summed E-state index contributed by atoms with van der Waals surface area (Å²) in [4.78, 5) is 6.50. The Morgan fingerprint density at radius 2 is 1.62 bits per heavy atom. The van der Waals surface area contributed by atoms with Gasteiger partial charge in [0, 0.05) is 15.6 Å². The van der Waals surface area contributed by atoms with E-state index in [1.54, 1.807) is 0 Å². The molecule has 2 atom stereocenters. The molecule has 3 rings (SSSR count). The molecule has 1 saturated heterocycles. The molecular weight excluding hydrogens is 362 g/mol. The first-order valence-corrected chi connectivity index (χ1v) is 10.3. The van der Waals surface area contributed by atoms with Crippen LogP contribution in [0.25, 0.3) is 0 Å². The van der Waals surface area contributed by atoms with Crippen molar-refractivity contribution in [3.8, 4) is 0 Å². The van der Waals surface area contributed by atoms with E-state index >= 15 is 0 Å². The topological polar surface area (TPSA) is 12.5 Å². The van der Waals surface area contributed by atoms with Gasteiger partial charge in [-0.05, 0) is 89.3 Å². The third-order valence-corrected chi connectivity index (χ3v) is 6.58. The molecule has 0 N–H and O–H groups in total. The molecule has 1 aliphatic heterocycles. The van der Waals surface area contributed by atoms with Gasteiger partial charge in [0.2, 0.25) is 0 Å². The first kappa shape index (κ1) is 18.4. The summed E-state index contributed by atoms with van der Waals surface area (Å²) in [5, 5.41) is 2.32. The number of halogens is 1. The molecule has 1 saturated carbocycles. The molecule has 1 aliphatic carbocycles. The largest absolute Gasteiger partial charge is 0.298 e.